The molecule has 0 saturated carbocycles. The van der Waals surface area contributed by atoms with Gasteiger partial charge in [-0.2, -0.15) is 0 Å². The van der Waals surface area contributed by atoms with Gasteiger partial charge in [-0.15, -0.1) is 0 Å². The van der Waals surface area contributed by atoms with E-state index in [0.717, 1.165) is 25.0 Å². The zero-order valence-corrected chi connectivity index (χ0v) is 12.4. The summed E-state index contributed by atoms with van der Waals surface area (Å²) in [5.74, 6) is 0.744. The highest BCUT2D eigenvalue weighted by Gasteiger charge is 2.23. The van der Waals surface area contributed by atoms with Gasteiger partial charge in [0, 0.05) is 25.2 Å². The summed E-state index contributed by atoms with van der Waals surface area (Å²) in [6.45, 7) is 11.6. The average molecular weight is 241 g/mol. The van der Waals surface area contributed by atoms with Crippen molar-refractivity contribution < 1.29 is 0 Å². The Morgan fingerprint density at radius 3 is 2.53 bits per heavy atom. The fourth-order valence-electron chi connectivity index (χ4n) is 2.46. The van der Waals surface area contributed by atoms with Crippen molar-refractivity contribution in [3.63, 3.8) is 0 Å². The topological polar surface area (TPSA) is 18.5 Å². The van der Waals surface area contributed by atoms with Gasteiger partial charge >= 0.3 is 0 Å². The SMILES string of the molecule is CC(C)CNCC(C)N(C)CC1CCCN1C. The van der Waals surface area contributed by atoms with Crippen LogP contribution in [0.2, 0.25) is 0 Å². The van der Waals surface area contributed by atoms with E-state index in [1.165, 1.54) is 25.9 Å². The average Bonchev–Trinajstić information content (AvgIpc) is 2.63. The van der Waals surface area contributed by atoms with Gasteiger partial charge < -0.3 is 15.1 Å². The van der Waals surface area contributed by atoms with Crippen LogP contribution < -0.4 is 5.32 Å². The lowest BCUT2D eigenvalue weighted by molar-refractivity contribution is 0.181. The van der Waals surface area contributed by atoms with Gasteiger partial charge in [-0.3, -0.25) is 0 Å². The van der Waals surface area contributed by atoms with Crippen molar-refractivity contribution in [1.29, 1.82) is 0 Å². The second-order valence-corrected chi connectivity index (χ2v) is 6.12. The van der Waals surface area contributed by atoms with E-state index >= 15 is 0 Å². The summed E-state index contributed by atoms with van der Waals surface area (Å²) in [6, 6.07) is 1.40. The molecule has 3 nitrogen and oxygen atoms in total. The third-order valence-corrected chi connectivity index (χ3v) is 3.92. The summed E-state index contributed by atoms with van der Waals surface area (Å²) in [5.41, 5.74) is 0. The molecule has 0 aromatic rings. The van der Waals surface area contributed by atoms with Gasteiger partial charge in [-0.05, 0) is 52.9 Å². The van der Waals surface area contributed by atoms with Gasteiger partial charge in [-0.25, -0.2) is 0 Å². The van der Waals surface area contributed by atoms with Crippen molar-refractivity contribution in [2.45, 2.75) is 45.7 Å². The molecule has 0 aromatic carbocycles. The second-order valence-electron chi connectivity index (χ2n) is 6.12. The molecule has 1 rings (SSSR count). The fourth-order valence-corrected chi connectivity index (χ4v) is 2.46. The zero-order valence-electron chi connectivity index (χ0n) is 12.4. The molecule has 1 heterocycles. The number of likely N-dealkylation sites (N-methyl/N-ethyl adjacent to an activating group) is 2. The first-order valence-corrected chi connectivity index (χ1v) is 7.12. The highest BCUT2D eigenvalue weighted by Crippen LogP contribution is 2.16. The summed E-state index contributed by atoms with van der Waals surface area (Å²) in [6.07, 6.45) is 2.74. The lowest BCUT2D eigenvalue weighted by Gasteiger charge is -2.30. The third-order valence-electron chi connectivity index (χ3n) is 3.92. The van der Waals surface area contributed by atoms with E-state index in [9.17, 15) is 0 Å². The third kappa shape index (κ3) is 5.36. The molecule has 0 aliphatic carbocycles. The van der Waals surface area contributed by atoms with Gasteiger partial charge in [0.1, 0.15) is 0 Å². The van der Waals surface area contributed by atoms with Crippen LogP contribution in [0.3, 0.4) is 0 Å². The lowest BCUT2D eigenvalue weighted by Crippen LogP contribution is -2.44. The first kappa shape index (κ1) is 14.9. The molecule has 2 atom stereocenters. The predicted molar refractivity (Wildman–Crippen MR) is 75.5 cm³/mol. The predicted octanol–water partition coefficient (Wildman–Crippen LogP) is 1.65. The Bertz CT molecular complexity index is 206. The first-order chi connectivity index (χ1) is 8.00. The highest BCUT2D eigenvalue weighted by molar-refractivity contribution is 4.80. The van der Waals surface area contributed by atoms with Gasteiger partial charge in [0.2, 0.25) is 0 Å². The number of nitrogens with zero attached hydrogens (tertiary/aromatic N) is 2. The van der Waals surface area contributed by atoms with Crippen molar-refractivity contribution in [2.24, 2.45) is 5.92 Å². The Hall–Kier alpha value is -0.120. The van der Waals surface area contributed by atoms with Crippen LogP contribution in [0, 0.1) is 5.92 Å². The minimum Gasteiger partial charge on any atom is -0.315 e. The molecule has 1 aliphatic heterocycles. The van der Waals surface area contributed by atoms with Crippen molar-refractivity contribution in [3.05, 3.63) is 0 Å². The Labute approximate surface area is 108 Å². The van der Waals surface area contributed by atoms with Crippen LogP contribution in [-0.2, 0) is 0 Å². The maximum Gasteiger partial charge on any atom is 0.0220 e. The Morgan fingerprint density at radius 1 is 1.29 bits per heavy atom. The Kier molecular flexibility index (Phi) is 6.45. The van der Waals surface area contributed by atoms with Crippen LogP contribution in [0.5, 0.6) is 0 Å². The van der Waals surface area contributed by atoms with E-state index < -0.39 is 0 Å². The zero-order chi connectivity index (χ0) is 12.8. The van der Waals surface area contributed by atoms with Gasteiger partial charge in [-0.1, -0.05) is 13.8 Å². The van der Waals surface area contributed by atoms with Gasteiger partial charge in [0.05, 0.1) is 0 Å². The van der Waals surface area contributed by atoms with Gasteiger partial charge in [0.25, 0.3) is 0 Å². The molecule has 2 unspecified atom stereocenters. The molecule has 3 heteroatoms. The fraction of sp³-hybridized carbons (Fsp3) is 1.00. The van der Waals surface area contributed by atoms with E-state index in [2.05, 4.69) is 50.0 Å². The summed E-state index contributed by atoms with van der Waals surface area (Å²) >= 11 is 0. The van der Waals surface area contributed by atoms with Crippen LogP contribution in [0.25, 0.3) is 0 Å². The van der Waals surface area contributed by atoms with E-state index in [1.54, 1.807) is 0 Å². The molecule has 1 aliphatic rings. The van der Waals surface area contributed by atoms with Gasteiger partial charge in [0.15, 0.2) is 0 Å². The number of hydrogen-bond acceptors (Lipinski definition) is 3. The molecule has 0 spiro atoms. The molecule has 102 valence electrons. The number of likely N-dealkylation sites (tertiary alicyclic amines) is 1. The summed E-state index contributed by atoms with van der Waals surface area (Å²) in [4.78, 5) is 5.00. The van der Waals surface area contributed by atoms with E-state index in [1.807, 2.05) is 0 Å². The van der Waals surface area contributed by atoms with E-state index in [4.69, 9.17) is 0 Å². The normalized spacial score (nSPS) is 23.8. The lowest BCUT2D eigenvalue weighted by atomic mass is 10.2. The minimum absolute atomic E-state index is 0.628. The molecular weight excluding hydrogens is 210 g/mol. The highest BCUT2D eigenvalue weighted by atomic mass is 15.2. The number of nitrogens with one attached hydrogen (secondary N) is 1. The van der Waals surface area contributed by atoms with Crippen molar-refractivity contribution in [1.82, 2.24) is 15.1 Å². The van der Waals surface area contributed by atoms with Crippen molar-refractivity contribution >= 4 is 0 Å². The molecule has 0 aromatic heterocycles. The van der Waals surface area contributed by atoms with Crippen molar-refractivity contribution in [2.75, 3.05) is 40.3 Å². The van der Waals surface area contributed by atoms with Crippen LogP contribution >= 0.6 is 0 Å². The molecule has 1 saturated heterocycles. The van der Waals surface area contributed by atoms with Crippen LogP contribution in [0.1, 0.15) is 33.6 Å². The second kappa shape index (κ2) is 7.34. The largest absolute Gasteiger partial charge is 0.315 e. The Morgan fingerprint density at radius 2 is 2.00 bits per heavy atom. The Balaban J connectivity index is 2.19. The van der Waals surface area contributed by atoms with Crippen LogP contribution in [-0.4, -0.2) is 62.2 Å². The minimum atomic E-state index is 0.628. The molecule has 0 bridgehead atoms. The van der Waals surface area contributed by atoms with Crippen LogP contribution in [0.4, 0.5) is 0 Å². The monoisotopic (exact) mass is 241 g/mol. The maximum atomic E-state index is 3.55. The summed E-state index contributed by atoms with van der Waals surface area (Å²) in [7, 11) is 4.51. The first-order valence-electron chi connectivity index (χ1n) is 7.12. The molecule has 17 heavy (non-hydrogen) atoms. The maximum absolute atomic E-state index is 3.55. The van der Waals surface area contributed by atoms with E-state index in [-0.39, 0.29) is 0 Å². The molecule has 1 fully saturated rings. The van der Waals surface area contributed by atoms with Crippen LogP contribution in [0.15, 0.2) is 0 Å². The van der Waals surface area contributed by atoms with Crippen molar-refractivity contribution in [3.8, 4) is 0 Å². The standard InChI is InChI=1S/C14H31N3/c1-12(2)9-15-10-13(3)17(5)11-14-7-6-8-16(14)4/h12-15H,6-11H2,1-5H3. The van der Waals surface area contributed by atoms with E-state index in [0.29, 0.717) is 6.04 Å². The number of hydrogen-bond donors (Lipinski definition) is 1. The summed E-state index contributed by atoms with van der Waals surface area (Å²) in [5, 5.41) is 3.55. The number of rotatable bonds is 7. The molecule has 1 N–H and O–H groups in total. The smallest absolute Gasteiger partial charge is 0.0220 e. The summed E-state index contributed by atoms with van der Waals surface area (Å²) < 4.78 is 0. The molecule has 0 radical (unpaired) electrons. The molecular formula is C14H31N3. The quantitative estimate of drug-likeness (QED) is 0.731. The molecule has 0 amide bonds.